The molecule has 4 rings (SSSR count). The average Bonchev–Trinajstić information content (AvgIpc) is 3.05. The van der Waals surface area contributed by atoms with Crippen LogP contribution in [0.25, 0.3) is 0 Å². The van der Waals surface area contributed by atoms with E-state index in [2.05, 4.69) is 10.2 Å². The molecule has 2 atom stereocenters. The normalized spacial score (nSPS) is 18.4. The minimum atomic E-state index is -1.20. The summed E-state index contributed by atoms with van der Waals surface area (Å²) in [6, 6.07) is 16.4. The molecule has 2 unspecified atom stereocenters. The molecule has 31 heavy (non-hydrogen) atoms. The largest absolute Gasteiger partial charge is 0.497 e. The number of anilines is 1. The van der Waals surface area contributed by atoms with E-state index >= 15 is 0 Å². The van der Waals surface area contributed by atoms with Crippen LogP contribution >= 0.6 is 0 Å². The quantitative estimate of drug-likeness (QED) is 0.361. The van der Waals surface area contributed by atoms with Crippen molar-refractivity contribution in [1.29, 1.82) is 0 Å². The lowest BCUT2D eigenvalue weighted by molar-refractivity contribution is -0.135. The van der Waals surface area contributed by atoms with Crippen LogP contribution in [0.5, 0.6) is 5.75 Å². The van der Waals surface area contributed by atoms with Crippen LogP contribution in [0.4, 0.5) is 5.82 Å². The third-order valence-electron chi connectivity index (χ3n) is 5.39. The number of rotatable bonds is 5. The maximum atomic E-state index is 13.4. The first-order valence-corrected chi connectivity index (χ1v) is 9.83. The number of aromatic nitrogens is 2. The van der Waals surface area contributed by atoms with Gasteiger partial charge in [0, 0.05) is 5.56 Å². The van der Waals surface area contributed by atoms with E-state index in [1.807, 2.05) is 6.92 Å². The first-order valence-electron chi connectivity index (χ1n) is 9.83. The Morgan fingerprint density at radius 1 is 0.968 bits per heavy atom. The predicted molar refractivity (Wildman–Crippen MR) is 114 cm³/mol. The Morgan fingerprint density at radius 3 is 2.35 bits per heavy atom. The van der Waals surface area contributed by atoms with Gasteiger partial charge in [-0.2, -0.15) is 5.10 Å². The molecule has 1 amide bonds. The van der Waals surface area contributed by atoms with E-state index < -0.39 is 29.4 Å². The first-order chi connectivity index (χ1) is 14.9. The van der Waals surface area contributed by atoms with Crippen LogP contribution in [-0.2, 0) is 9.59 Å². The van der Waals surface area contributed by atoms with Crippen molar-refractivity contribution in [3.8, 4) is 5.75 Å². The fraction of sp³-hybridized carbons (Fsp3) is 0.208. The molecule has 2 heterocycles. The van der Waals surface area contributed by atoms with E-state index in [-0.39, 0.29) is 5.82 Å². The van der Waals surface area contributed by atoms with Gasteiger partial charge in [0.25, 0.3) is 5.91 Å². The summed E-state index contributed by atoms with van der Waals surface area (Å²) in [6.07, 6.45) is 0. The van der Waals surface area contributed by atoms with Crippen LogP contribution in [0.2, 0.25) is 0 Å². The summed E-state index contributed by atoms with van der Waals surface area (Å²) in [7, 11) is 1.53. The maximum absolute atomic E-state index is 13.4. The molecule has 0 aliphatic carbocycles. The second-order valence-electron chi connectivity index (χ2n) is 7.50. The lowest BCUT2D eigenvalue weighted by Gasteiger charge is -2.26. The molecular formula is C24H21N3O4. The van der Waals surface area contributed by atoms with Gasteiger partial charge in [0.2, 0.25) is 5.78 Å². The molecule has 1 aliphatic heterocycles. The van der Waals surface area contributed by atoms with Crippen molar-refractivity contribution in [2.24, 2.45) is 5.92 Å². The topological polar surface area (TPSA) is 89.5 Å². The SMILES string of the molecule is COc1cccc(C2C(C(=O)c3ccc(C)cc3)C(=O)C(=O)N2c2ccc(C)nn2)c1. The Labute approximate surface area is 179 Å². The van der Waals surface area contributed by atoms with E-state index in [0.717, 1.165) is 5.56 Å². The molecule has 1 saturated heterocycles. The number of amides is 1. The van der Waals surface area contributed by atoms with Crippen LogP contribution in [0.15, 0.2) is 60.7 Å². The molecule has 7 nitrogen and oxygen atoms in total. The number of ketones is 2. The number of aryl methyl sites for hydroxylation is 2. The van der Waals surface area contributed by atoms with Gasteiger partial charge >= 0.3 is 0 Å². The van der Waals surface area contributed by atoms with E-state index in [1.165, 1.54) is 12.0 Å². The molecule has 0 saturated carbocycles. The summed E-state index contributed by atoms with van der Waals surface area (Å²) in [5.41, 5.74) is 2.64. The second kappa shape index (κ2) is 8.10. The van der Waals surface area contributed by atoms with Gasteiger partial charge in [-0.15, -0.1) is 5.10 Å². The predicted octanol–water partition coefficient (Wildman–Crippen LogP) is 3.26. The van der Waals surface area contributed by atoms with Crippen LogP contribution in [0.3, 0.4) is 0 Å². The average molecular weight is 415 g/mol. The van der Waals surface area contributed by atoms with Gasteiger partial charge < -0.3 is 4.74 Å². The lowest BCUT2D eigenvalue weighted by atomic mass is 9.86. The summed E-state index contributed by atoms with van der Waals surface area (Å²) in [4.78, 5) is 40.8. The number of methoxy groups -OCH3 is 1. The van der Waals surface area contributed by atoms with Gasteiger partial charge in [0.15, 0.2) is 11.6 Å². The van der Waals surface area contributed by atoms with Crippen LogP contribution in [0.1, 0.15) is 33.2 Å². The highest BCUT2D eigenvalue weighted by atomic mass is 16.5. The van der Waals surface area contributed by atoms with E-state index in [1.54, 1.807) is 67.6 Å². The number of benzene rings is 2. The van der Waals surface area contributed by atoms with Crippen molar-refractivity contribution in [2.45, 2.75) is 19.9 Å². The molecule has 0 N–H and O–H groups in total. The molecule has 1 aromatic heterocycles. The summed E-state index contributed by atoms with van der Waals surface area (Å²) in [5.74, 6) is -2.38. The molecule has 2 aromatic carbocycles. The van der Waals surface area contributed by atoms with Crippen LogP contribution in [0, 0.1) is 19.8 Å². The van der Waals surface area contributed by atoms with Crippen molar-refractivity contribution in [2.75, 3.05) is 12.0 Å². The van der Waals surface area contributed by atoms with Crippen molar-refractivity contribution in [3.05, 3.63) is 83.0 Å². The second-order valence-corrected chi connectivity index (χ2v) is 7.50. The Balaban J connectivity index is 1.86. The van der Waals surface area contributed by atoms with Gasteiger partial charge in [-0.3, -0.25) is 19.3 Å². The van der Waals surface area contributed by atoms with E-state index in [0.29, 0.717) is 22.6 Å². The zero-order valence-corrected chi connectivity index (χ0v) is 17.4. The zero-order valence-electron chi connectivity index (χ0n) is 17.4. The van der Waals surface area contributed by atoms with Gasteiger partial charge in [-0.05, 0) is 43.7 Å². The summed E-state index contributed by atoms with van der Waals surface area (Å²) < 4.78 is 5.32. The molecule has 156 valence electrons. The molecule has 0 radical (unpaired) electrons. The molecule has 1 aliphatic rings. The minimum absolute atomic E-state index is 0.218. The number of carbonyl (C=O) groups is 3. The number of carbonyl (C=O) groups excluding carboxylic acids is 3. The fourth-order valence-electron chi connectivity index (χ4n) is 3.76. The van der Waals surface area contributed by atoms with Gasteiger partial charge in [0.1, 0.15) is 11.7 Å². The minimum Gasteiger partial charge on any atom is -0.497 e. The maximum Gasteiger partial charge on any atom is 0.297 e. The summed E-state index contributed by atoms with van der Waals surface area (Å²) >= 11 is 0. The monoisotopic (exact) mass is 415 g/mol. The molecule has 7 heteroatoms. The standard InChI is InChI=1S/C24H21N3O4/c1-14-7-10-16(11-8-14)22(28)20-21(17-5-4-6-18(13-17)31-3)27(24(30)23(20)29)19-12-9-15(2)25-26-19/h4-13,20-21H,1-3H3. The Morgan fingerprint density at radius 2 is 1.71 bits per heavy atom. The smallest absolute Gasteiger partial charge is 0.297 e. The van der Waals surface area contributed by atoms with Crippen LogP contribution in [-0.4, -0.2) is 34.8 Å². The molecular weight excluding hydrogens is 394 g/mol. The van der Waals surface area contributed by atoms with Crippen molar-refractivity contribution in [1.82, 2.24) is 10.2 Å². The third-order valence-corrected chi connectivity index (χ3v) is 5.39. The highest BCUT2D eigenvalue weighted by molar-refractivity contribution is 6.48. The van der Waals surface area contributed by atoms with Crippen molar-refractivity contribution in [3.63, 3.8) is 0 Å². The number of nitrogens with zero attached hydrogens (tertiary/aromatic N) is 3. The highest BCUT2D eigenvalue weighted by Crippen LogP contribution is 2.41. The summed E-state index contributed by atoms with van der Waals surface area (Å²) in [5, 5.41) is 8.12. The number of hydrogen-bond donors (Lipinski definition) is 0. The first kappa shape index (κ1) is 20.4. The molecule has 0 spiro atoms. The van der Waals surface area contributed by atoms with E-state index in [9.17, 15) is 14.4 Å². The van der Waals surface area contributed by atoms with Gasteiger partial charge in [-0.1, -0.05) is 42.0 Å². The highest BCUT2D eigenvalue weighted by Gasteiger charge is 2.53. The Hall–Kier alpha value is -3.87. The third kappa shape index (κ3) is 3.70. The number of ether oxygens (including phenoxy) is 1. The fourth-order valence-corrected chi connectivity index (χ4v) is 3.76. The van der Waals surface area contributed by atoms with Crippen molar-refractivity contribution >= 4 is 23.3 Å². The number of Topliss-reactive ketones (excluding diaryl/α,β-unsaturated/α-hetero) is 2. The molecule has 1 fully saturated rings. The lowest BCUT2D eigenvalue weighted by Crippen LogP contribution is -2.31. The number of hydrogen-bond acceptors (Lipinski definition) is 6. The molecule has 3 aromatic rings. The molecule has 0 bridgehead atoms. The van der Waals surface area contributed by atoms with E-state index in [4.69, 9.17) is 4.74 Å². The Bertz CT molecular complexity index is 1160. The van der Waals surface area contributed by atoms with Crippen molar-refractivity contribution < 1.29 is 19.1 Å². The van der Waals surface area contributed by atoms with Gasteiger partial charge in [0.05, 0.1) is 18.8 Å². The summed E-state index contributed by atoms with van der Waals surface area (Å²) in [6.45, 7) is 3.69. The zero-order chi connectivity index (χ0) is 22.1. The van der Waals surface area contributed by atoms with Gasteiger partial charge in [-0.25, -0.2) is 0 Å². The van der Waals surface area contributed by atoms with Crippen LogP contribution < -0.4 is 9.64 Å². The Kier molecular flexibility index (Phi) is 5.33.